The van der Waals surface area contributed by atoms with Crippen LogP contribution in [0.25, 0.3) is 0 Å². The highest BCUT2D eigenvalue weighted by Crippen LogP contribution is 2.30. The third-order valence-corrected chi connectivity index (χ3v) is 6.68. The zero-order valence-corrected chi connectivity index (χ0v) is 17.9. The quantitative estimate of drug-likeness (QED) is 0.606. The van der Waals surface area contributed by atoms with Crippen LogP contribution in [0.5, 0.6) is 0 Å². The second-order valence-corrected chi connectivity index (χ2v) is 8.83. The summed E-state index contributed by atoms with van der Waals surface area (Å²) in [6.45, 7) is 5.02. The van der Waals surface area contributed by atoms with Crippen molar-refractivity contribution in [3.63, 3.8) is 0 Å². The van der Waals surface area contributed by atoms with Crippen LogP contribution in [0, 0.1) is 5.92 Å². The summed E-state index contributed by atoms with van der Waals surface area (Å²) in [5.74, 6) is 0.959. The first kappa shape index (κ1) is 20.9. The average Bonchev–Trinajstić information content (AvgIpc) is 3.23. The van der Waals surface area contributed by atoms with Crippen molar-refractivity contribution in [3.8, 4) is 0 Å². The van der Waals surface area contributed by atoms with E-state index >= 15 is 0 Å². The molecule has 1 aromatic heterocycles. The van der Waals surface area contributed by atoms with E-state index in [1.807, 2.05) is 29.1 Å². The summed E-state index contributed by atoms with van der Waals surface area (Å²) in [6, 6.07) is 4.54. The summed E-state index contributed by atoms with van der Waals surface area (Å²) < 4.78 is 2.07. The van der Waals surface area contributed by atoms with Gasteiger partial charge in [0.25, 0.3) is 0 Å². The molecule has 0 saturated heterocycles. The van der Waals surface area contributed by atoms with Crippen LogP contribution in [0.2, 0.25) is 0 Å². The van der Waals surface area contributed by atoms with Gasteiger partial charge >= 0.3 is 0 Å². The van der Waals surface area contributed by atoms with E-state index in [0.717, 1.165) is 31.4 Å². The minimum Gasteiger partial charge on any atom is -0.353 e. The van der Waals surface area contributed by atoms with Crippen LogP contribution < -0.4 is 0 Å². The smallest absolute Gasteiger partial charge is 0.242 e. The van der Waals surface area contributed by atoms with Crippen molar-refractivity contribution in [3.05, 3.63) is 24.0 Å². The maximum absolute atomic E-state index is 13.2. The van der Waals surface area contributed by atoms with Crippen LogP contribution in [-0.4, -0.2) is 44.8 Å². The molecule has 0 bridgehead atoms. The van der Waals surface area contributed by atoms with Gasteiger partial charge in [-0.1, -0.05) is 32.6 Å². The van der Waals surface area contributed by atoms with E-state index in [-0.39, 0.29) is 24.4 Å². The maximum Gasteiger partial charge on any atom is 0.242 e. The van der Waals surface area contributed by atoms with Gasteiger partial charge in [-0.3, -0.25) is 9.59 Å². The van der Waals surface area contributed by atoms with Crippen molar-refractivity contribution < 1.29 is 9.59 Å². The molecule has 5 heteroatoms. The number of carbonyl (C=O) groups excluding carboxylic acids is 2. The van der Waals surface area contributed by atoms with Crippen molar-refractivity contribution in [1.29, 1.82) is 0 Å². The van der Waals surface area contributed by atoms with Crippen LogP contribution >= 0.6 is 0 Å². The molecule has 0 radical (unpaired) electrons. The molecule has 2 aliphatic carbocycles. The molecule has 156 valence electrons. The van der Waals surface area contributed by atoms with Gasteiger partial charge in [-0.05, 0) is 50.7 Å². The van der Waals surface area contributed by atoms with Gasteiger partial charge in [0.2, 0.25) is 11.8 Å². The summed E-state index contributed by atoms with van der Waals surface area (Å²) in [7, 11) is 2.02. The summed E-state index contributed by atoms with van der Waals surface area (Å²) in [5, 5.41) is 0. The molecular formula is C23H37N3O2. The third-order valence-electron chi connectivity index (χ3n) is 6.68. The molecule has 5 nitrogen and oxygen atoms in total. The zero-order chi connectivity index (χ0) is 20.1. The predicted molar refractivity (Wildman–Crippen MR) is 112 cm³/mol. The van der Waals surface area contributed by atoms with Gasteiger partial charge in [0, 0.05) is 37.4 Å². The van der Waals surface area contributed by atoms with Gasteiger partial charge in [0.05, 0.1) is 6.54 Å². The van der Waals surface area contributed by atoms with Crippen LogP contribution in [0.4, 0.5) is 0 Å². The van der Waals surface area contributed by atoms with Crippen LogP contribution in [-0.2, 0) is 23.2 Å². The van der Waals surface area contributed by atoms with Gasteiger partial charge in [-0.15, -0.1) is 0 Å². The molecule has 1 heterocycles. The molecule has 0 aliphatic heterocycles. The molecule has 0 aromatic carbocycles. The minimum absolute atomic E-state index is 0.0956. The van der Waals surface area contributed by atoms with Crippen molar-refractivity contribution in [2.24, 2.45) is 13.0 Å². The lowest BCUT2D eigenvalue weighted by Crippen LogP contribution is -2.47. The highest BCUT2D eigenvalue weighted by molar-refractivity contribution is 5.85. The topological polar surface area (TPSA) is 45.6 Å². The number of carbonyl (C=O) groups is 2. The highest BCUT2D eigenvalue weighted by atomic mass is 16.2. The van der Waals surface area contributed by atoms with E-state index in [2.05, 4.69) is 24.5 Å². The second-order valence-electron chi connectivity index (χ2n) is 8.83. The van der Waals surface area contributed by atoms with E-state index in [0.29, 0.717) is 24.9 Å². The molecule has 2 saturated carbocycles. The Morgan fingerprint density at radius 3 is 2.46 bits per heavy atom. The van der Waals surface area contributed by atoms with Crippen molar-refractivity contribution in [1.82, 2.24) is 14.4 Å². The average molecular weight is 388 g/mol. The number of hydrogen-bond donors (Lipinski definition) is 0. The van der Waals surface area contributed by atoms with Crippen molar-refractivity contribution in [2.75, 3.05) is 6.54 Å². The van der Waals surface area contributed by atoms with Crippen LogP contribution in [0.15, 0.2) is 18.3 Å². The fourth-order valence-electron chi connectivity index (χ4n) is 4.36. The van der Waals surface area contributed by atoms with E-state index in [1.54, 1.807) is 0 Å². The lowest BCUT2D eigenvalue weighted by molar-refractivity contribution is -0.143. The molecule has 2 aliphatic rings. The number of nitrogens with zero attached hydrogens (tertiary/aromatic N) is 3. The number of rotatable bonds is 10. The fourth-order valence-corrected chi connectivity index (χ4v) is 4.36. The summed E-state index contributed by atoms with van der Waals surface area (Å²) >= 11 is 0. The minimum atomic E-state index is 0.0956. The molecule has 2 fully saturated rings. The molecule has 0 N–H and O–H groups in total. The van der Waals surface area contributed by atoms with E-state index in [1.165, 1.54) is 25.7 Å². The summed E-state index contributed by atoms with van der Waals surface area (Å²) in [4.78, 5) is 30.0. The number of aromatic nitrogens is 1. The molecule has 1 aromatic rings. The van der Waals surface area contributed by atoms with Gasteiger partial charge in [0.15, 0.2) is 0 Å². The first-order chi connectivity index (χ1) is 13.5. The molecule has 3 rings (SSSR count). The first-order valence-electron chi connectivity index (χ1n) is 11.2. The summed E-state index contributed by atoms with van der Waals surface area (Å²) in [6.07, 6.45) is 11.8. The lowest BCUT2D eigenvalue weighted by Gasteiger charge is -2.32. The van der Waals surface area contributed by atoms with Gasteiger partial charge in [0.1, 0.15) is 6.54 Å². The van der Waals surface area contributed by atoms with Crippen molar-refractivity contribution >= 4 is 11.8 Å². The Bertz CT molecular complexity index is 659. The normalized spacial score (nSPS) is 18.2. The Balaban J connectivity index is 1.61. The van der Waals surface area contributed by atoms with Crippen molar-refractivity contribution in [2.45, 2.75) is 90.3 Å². The first-order valence-corrected chi connectivity index (χ1v) is 11.2. The largest absolute Gasteiger partial charge is 0.353 e. The monoisotopic (exact) mass is 387 g/mol. The number of aryl methyl sites for hydroxylation is 1. The number of amides is 2. The molecule has 0 spiro atoms. The summed E-state index contributed by atoms with van der Waals surface area (Å²) in [5.41, 5.74) is 1.14. The van der Waals surface area contributed by atoms with Crippen LogP contribution in [0.1, 0.15) is 77.3 Å². The van der Waals surface area contributed by atoms with Gasteiger partial charge < -0.3 is 14.4 Å². The van der Waals surface area contributed by atoms with Crippen LogP contribution in [0.3, 0.4) is 0 Å². The van der Waals surface area contributed by atoms with Gasteiger partial charge in [-0.25, -0.2) is 0 Å². The predicted octanol–water partition coefficient (Wildman–Crippen LogP) is 4.11. The SMILES string of the molecule is CC[C@H](C)N(CC(=O)N(Cc1cccn1C)C1CC1)C(=O)CCC1CCCC1. The van der Waals surface area contributed by atoms with Gasteiger partial charge in [-0.2, -0.15) is 0 Å². The second kappa shape index (κ2) is 9.62. The lowest BCUT2D eigenvalue weighted by atomic mass is 10.0. The molecular weight excluding hydrogens is 350 g/mol. The Labute approximate surface area is 170 Å². The number of hydrogen-bond acceptors (Lipinski definition) is 2. The molecule has 1 atom stereocenters. The molecule has 0 unspecified atom stereocenters. The van der Waals surface area contributed by atoms with E-state index in [4.69, 9.17) is 0 Å². The molecule has 28 heavy (non-hydrogen) atoms. The fraction of sp³-hybridized carbons (Fsp3) is 0.739. The standard InChI is InChI=1S/C23H37N3O2/c1-4-18(2)25(22(27)14-11-19-8-5-6-9-19)17-23(28)26(20-12-13-20)16-21-10-7-15-24(21)3/h7,10,15,18-20H,4-6,8-9,11-14,16-17H2,1-3H3/t18-/m0/s1. The zero-order valence-electron chi connectivity index (χ0n) is 17.9. The molecule has 2 amide bonds. The van der Waals surface area contributed by atoms with E-state index in [9.17, 15) is 9.59 Å². The Hall–Kier alpha value is -1.78. The Morgan fingerprint density at radius 2 is 1.89 bits per heavy atom. The maximum atomic E-state index is 13.2. The highest BCUT2D eigenvalue weighted by Gasteiger charge is 2.34. The Kier molecular flexibility index (Phi) is 7.19. The Morgan fingerprint density at radius 1 is 1.18 bits per heavy atom. The third kappa shape index (κ3) is 5.39. The van der Waals surface area contributed by atoms with E-state index < -0.39 is 0 Å².